The second-order valence-electron chi connectivity index (χ2n) is 17.7. The Labute approximate surface area is 417 Å². The van der Waals surface area contributed by atoms with Crippen molar-refractivity contribution >= 4 is 68.3 Å². The molecule has 0 saturated heterocycles. The van der Waals surface area contributed by atoms with Crippen LogP contribution in [0.15, 0.2) is 191 Å². The first-order valence-corrected chi connectivity index (χ1v) is 25.9. The summed E-state index contributed by atoms with van der Waals surface area (Å²) in [5.74, 6) is 0.390. The number of nitrogens with zero attached hydrogens (tertiary/aromatic N) is 4. The van der Waals surface area contributed by atoms with Crippen LogP contribution in [-0.2, 0) is 26.5 Å². The van der Waals surface area contributed by atoms with Gasteiger partial charge in [-0.2, -0.15) is 0 Å². The molecule has 0 fully saturated rings. The molecule has 5 aromatic heterocycles. The summed E-state index contributed by atoms with van der Waals surface area (Å²) >= 11 is 0. The summed E-state index contributed by atoms with van der Waals surface area (Å²) in [5, 5.41) is 4.85. The van der Waals surface area contributed by atoms with E-state index in [9.17, 15) is 0 Å². The van der Waals surface area contributed by atoms with E-state index in [-0.39, 0.29) is 31.6 Å². The fourth-order valence-electron chi connectivity index (χ4n) is 8.98. The zero-order valence-electron chi connectivity index (χ0n) is 42.8. The topological polar surface area (TPSA) is 69.9 Å². The van der Waals surface area contributed by atoms with Crippen LogP contribution >= 0.6 is 0 Å². The van der Waals surface area contributed by atoms with Gasteiger partial charge in [0.05, 0.1) is 36.2 Å². The van der Waals surface area contributed by atoms with Crippen LogP contribution < -0.4 is 5.19 Å². The van der Waals surface area contributed by atoms with Gasteiger partial charge in [-0.15, -0.1) is 48.0 Å². The van der Waals surface area contributed by atoms with E-state index in [1.54, 1.807) is 18.3 Å². The van der Waals surface area contributed by atoms with E-state index in [1.165, 1.54) is 0 Å². The number of benzene rings is 7. The third kappa shape index (κ3) is 8.30. The van der Waals surface area contributed by atoms with Crippen molar-refractivity contribution in [1.29, 1.82) is 0 Å². The molecule has 1 radical (unpaired) electrons. The molecular formula is C60H48IrN4O2Si-2. The van der Waals surface area contributed by atoms with Gasteiger partial charge in [0.1, 0.15) is 5.58 Å². The number of imidazole rings is 1. The summed E-state index contributed by atoms with van der Waals surface area (Å²) in [7, 11) is -1.77. The number of fused-ring (bicyclic) bond motifs is 7. The van der Waals surface area contributed by atoms with Gasteiger partial charge in [-0.3, -0.25) is 4.98 Å². The number of furan rings is 2. The molecule has 335 valence electrons. The Kier molecular flexibility index (Phi) is 10.5. The normalized spacial score (nSPS) is 13.6. The van der Waals surface area contributed by atoms with Gasteiger partial charge in [0.15, 0.2) is 5.58 Å². The maximum Gasteiger partial charge on any atom is 0.216 e. The molecule has 0 aliphatic carbocycles. The van der Waals surface area contributed by atoms with E-state index in [4.69, 9.17) is 20.7 Å². The van der Waals surface area contributed by atoms with Crippen LogP contribution in [0.5, 0.6) is 0 Å². The summed E-state index contributed by atoms with van der Waals surface area (Å²) in [6.07, 6.45) is 2.10. The molecule has 68 heavy (non-hydrogen) atoms. The SMILES string of the molecule is [2H]C([2H])([2H])c1ccc(-c2c[c-]c(-c3nc4ccccc4n3-c3cccc4c3oc3ccccc34)c3oc4ncccc4c23)cc1.[2H]C([2H])(c1cc(-c2[c-]cccc2)ncc1[Si](C)(C)C)C(C)c1ccccc1.[Ir]. The summed E-state index contributed by atoms with van der Waals surface area (Å²) in [6, 6.07) is 61.2. The van der Waals surface area contributed by atoms with Crippen molar-refractivity contribution in [1.82, 2.24) is 19.5 Å². The van der Waals surface area contributed by atoms with Crippen LogP contribution in [0.25, 0.3) is 94.5 Å². The Hall–Kier alpha value is -7.22. The first-order valence-electron chi connectivity index (χ1n) is 24.9. The van der Waals surface area contributed by atoms with Crippen molar-refractivity contribution in [2.75, 3.05) is 0 Å². The van der Waals surface area contributed by atoms with Crippen molar-refractivity contribution in [3.63, 3.8) is 0 Å². The third-order valence-electron chi connectivity index (χ3n) is 12.3. The molecule has 0 N–H and O–H groups in total. The zero-order valence-corrected chi connectivity index (χ0v) is 41.2. The fourth-order valence-corrected chi connectivity index (χ4v) is 10.4. The van der Waals surface area contributed by atoms with Crippen molar-refractivity contribution in [3.8, 4) is 39.5 Å². The van der Waals surface area contributed by atoms with Crippen LogP contribution in [0, 0.1) is 19.0 Å². The second-order valence-corrected chi connectivity index (χ2v) is 22.8. The van der Waals surface area contributed by atoms with E-state index in [0.29, 0.717) is 22.7 Å². The molecule has 0 aliphatic rings. The molecule has 12 rings (SSSR count). The van der Waals surface area contributed by atoms with Gasteiger partial charge in [0.2, 0.25) is 5.71 Å². The second kappa shape index (κ2) is 18.5. The van der Waals surface area contributed by atoms with Crippen molar-refractivity contribution in [3.05, 3.63) is 211 Å². The molecule has 0 aliphatic heterocycles. The molecule has 1 atom stereocenters. The maximum atomic E-state index is 9.04. The Bertz CT molecular complexity index is 3960. The molecule has 1 unspecified atom stereocenters. The molecule has 0 spiro atoms. The monoisotopic (exact) mass is 1080 g/mol. The minimum absolute atomic E-state index is 0. The average Bonchev–Trinajstić information content (AvgIpc) is 4.10. The Morgan fingerprint density at radius 2 is 1.50 bits per heavy atom. The van der Waals surface area contributed by atoms with E-state index in [0.717, 1.165) is 88.1 Å². The summed E-state index contributed by atoms with van der Waals surface area (Å²) < 4.78 is 56.5. The van der Waals surface area contributed by atoms with Gasteiger partial charge in [-0.05, 0) is 77.4 Å². The molecule has 12 aromatic rings. The summed E-state index contributed by atoms with van der Waals surface area (Å²) in [4.78, 5) is 14.3. The number of aromatic nitrogens is 4. The third-order valence-corrected chi connectivity index (χ3v) is 14.3. The van der Waals surface area contributed by atoms with Gasteiger partial charge in [-0.1, -0.05) is 158 Å². The number of para-hydroxylation sites is 4. The zero-order chi connectivity index (χ0) is 49.9. The fraction of sp³-hybridized carbons (Fsp3) is 0.117. The molecule has 0 saturated carbocycles. The molecule has 6 nitrogen and oxygen atoms in total. The van der Waals surface area contributed by atoms with Crippen LogP contribution in [0.1, 0.15) is 36.4 Å². The van der Waals surface area contributed by atoms with E-state index >= 15 is 0 Å². The molecule has 0 bridgehead atoms. The molecule has 7 aromatic carbocycles. The molecular weight excluding hydrogens is 1030 g/mol. The Balaban J connectivity index is 0.000000188. The minimum Gasteiger partial charge on any atom is -0.486 e. The number of pyridine rings is 2. The van der Waals surface area contributed by atoms with Crippen LogP contribution in [0.2, 0.25) is 19.6 Å². The largest absolute Gasteiger partial charge is 0.486 e. The number of hydrogen-bond donors (Lipinski definition) is 0. The van der Waals surface area contributed by atoms with Gasteiger partial charge >= 0.3 is 0 Å². The number of aryl methyl sites for hydroxylation is 1. The standard InChI is InChI=1S/C37H22N3O2.C23H26NSi.Ir/c1-22-15-17-23(18-16-22)24-19-20-28(35-33(24)27-10-7-21-38-37(27)42-35)36-39-29-11-3-4-12-30(29)40(36)31-13-6-9-26-25-8-2-5-14-32(25)41-34(26)31;1-18(19-11-7-5-8-12-19)15-21-16-22(20-13-9-6-10-14-20)24-17-23(21)25(2,3)4;/h2-19,21H,1H3;5-13,16-18H,15H2,1-4H3;/q2*-1;/i1D3;15D2;. The van der Waals surface area contributed by atoms with E-state index in [1.807, 2.05) is 159 Å². The number of hydrogen-bond acceptors (Lipinski definition) is 5. The van der Waals surface area contributed by atoms with Gasteiger partial charge in [0.25, 0.3) is 0 Å². The Morgan fingerprint density at radius 1 is 0.735 bits per heavy atom. The predicted molar refractivity (Wildman–Crippen MR) is 278 cm³/mol. The first kappa shape index (κ1) is 38.8. The first-order chi connectivity index (χ1) is 34.7. The van der Waals surface area contributed by atoms with E-state index in [2.05, 4.69) is 58.4 Å². The summed E-state index contributed by atoms with van der Waals surface area (Å²) in [5.41, 5.74) is 11.4. The van der Waals surface area contributed by atoms with Gasteiger partial charge in [0, 0.05) is 55.5 Å². The summed E-state index contributed by atoms with van der Waals surface area (Å²) in [6.45, 7) is 6.51. The van der Waals surface area contributed by atoms with Gasteiger partial charge < -0.3 is 18.4 Å². The van der Waals surface area contributed by atoms with Crippen molar-refractivity contribution in [2.45, 2.75) is 45.7 Å². The number of rotatable bonds is 8. The molecule has 8 heteroatoms. The quantitative estimate of drug-likeness (QED) is 0.112. The van der Waals surface area contributed by atoms with Crippen molar-refractivity contribution in [2.24, 2.45) is 0 Å². The van der Waals surface area contributed by atoms with Gasteiger partial charge in [-0.25, -0.2) is 4.98 Å². The van der Waals surface area contributed by atoms with E-state index < -0.39 is 21.3 Å². The van der Waals surface area contributed by atoms with Crippen LogP contribution in [0.4, 0.5) is 0 Å². The maximum absolute atomic E-state index is 9.04. The Morgan fingerprint density at radius 3 is 2.31 bits per heavy atom. The molecule has 5 heterocycles. The average molecular weight is 1080 g/mol. The van der Waals surface area contributed by atoms with Crippen LogP contribution in [-0.4, -0.2) is 27.6 Å². The van der Waals surface area contributed by atoms with Crippen LogP contribution in [0.3, 0.4) is 0 Å². The minimum atomic E-state index is -2.18. The van der Waals surface area contributed by atoms with Crippen molar-refractivity contribution < 1.29 is 35.8 Å². The predicted octanol–water partition coefficient (Wildman–Crippen LogP) is 15.1. The smallest absolute Gasteiger partial charge is 0.216 e. The molecule has 0 amide bonds.